The minimum atomic E-state index is -0.478. The van der Waals surface area contributed by atoms with E-state index in [2.05, 4.69) is 18.2 Å². The third-order valence-corrected chi connectivity index (χ3v) is 6.92. The number of hydrogen-bond acceptors (Lipinski definition) is 5. The Morgan fingerprint density at radius 2 is 1.73 bits per heavy atom. The normalized spacial score (nSPS) is 17.9. The number of furan rings is 1. The number of rotatable bonds is 5. The topological polar surface area (TPSA) is 72.2 Å². The number of nitrogens with zero attached hydrogens (tertiary/aromatic N) is 2. The molecule has 5 rings (SSSR count). The Bertz CT molecular complexity index is 1250. The molecule has 2 amide bonds. The number of fused-ring (bicyclic) bond motifs is 1. The van der Waals surface area contributed by atoms with E-state index in [0.717, 1.165) is 17.5 Å². The Balaban J connectivity index is 1.36. The van der Waals surface area contributed by atoms with Crippen molar-refractivity contribution < 1.29 is 23.5 Å². The number of morpholine rings is 1. The van der Waals surface area contributed by atoms with E-state index < -0.39 is 5.41 Å². The molecule has 2 aliphatic rings. The predicted molar refractivity (Wildman–Crippen MR) is 139 cm³/mol. The van der Waals surface area contributed by atoms with Gasteiger partial charge in [0.2, 0.25) is 5.91 Å². The van der Waals surface area contributed by atoms with Gasteiger partial charge >= 0.3 is 0 Å². The van der Waals surface area contributed by atoms with Gasteiger partial charge in [-0.05, 0) is 47.4 Å². The standard InChI is InChI=1S/C30H34N2O5/c1-30(2,3)29(34)32-14-13-21-9-10-23(19-25(21)27(32)22-7-5-4-6-8-22)36-20-24-11-12-26(37-24)28(33)31-15-17-35-18-16-31/h4-12,19,27H,13-18,20H2,1-3H3/t27-/m1/s1. The van der Waals surface area contributed by atoms with Gasteiger partial charge in [-0.3, -0.25) is 9.59 Å². The number of benzene rings is 2. The molecule has 1 saturated heterocycles. The second-order valence-electron chi connectivity index (χ2n) is 10.6. The fourth-order valence-electron chi connectivity index (χ4n) is 4.97. The van der Waals surface area contributed by atoms with Crippen molar-refractivity contribution in [2.24, 2.45) is 5.41 Å². The lowest BCUT2D eigenvalue weighted by atomic mass is 9.85. The predicted octanol–water partition coefficient (Wildman–Crippen LogP) is 4.85. The van der Waals surface area contributed by atoms with E-state index in [1.54, 1.807) is 17.0 Å². The molecule has 7 nitrogen and oxygen atoms in total. The first-order chi connectivity index (χ1) is 17.8. The van der Waals surface area contributed by atoms with Gasteiger partial charge in [-0.15, -0.1) is 0 Å². The lowest BCUT2D eigenvalue weighted by molar-refractivity contribution is -0.141. The summed E-state index contributed by atoms with van der Waals surface area (Å²) < 4.78 is 17.2. The maximum Gasteiger partial charge on any atom is 0.289 e. The first kappa shape index (κ1) is 25.1. The molecule has 37 heavy (non-hydrogen) atoms. The summed E-state index contributed by atoms with van der Waals surface area (Å²) in [5, 5.41) is 0. The molecule has 0 saturated carbocycles. The van der Waals surface area contributed by atoms with Gasteiger partial charge in [0.15, 0.2) is 5.76 Å². The molecule has 1 atom stereocenters. The van der Waals surface area contributed by atoms with Crippen LogP contribution in [0.3, 0.4) is 0 Å². The number of amides is 2. The lowest BCUT2D eigenvalue weighted by Crippen LogP contribution is -2.45. The first-order valence-corrected chi connectivity index (χ1v) is 12.9. The van der Waals surface area contributed by atoms with Crippen molar-refractivity contribution in [3.63, 3.8) is 0 Å². The minimum Gasteiger partial charge on any atom is -0.486 e. The van der Waals surface area contributed by atoms with Crippen LogP contribution in [0.4, 0.5) is 0 Å². The van der Waals surface area contributed by atoms with Gasteiger partial charge in [0.25, 0.3) is 5.91 Å². The van der Waals surface area contributed by atoms with Gasteiger partial charge in [0.05, 0.1) is 19.3 Å². The fraction of sp³-hybridized carbons (Fsp3) is 0.400. The third-order valence-electron chi connectivity index (χ3n) is 6.92. The number of ether oxygens (including phenoxy) is 2. The van der Waals surface area contributed by atoms with Gasteiger partial charge in [-0.1, -0.05) is 57.2 Å². The maximum absolute atomic E-state index is 13.4. The van der Waals surface area contributed by atoms with Gasteiger partial charge < -0.3 is 23.7 Å². The van der Waals surface area contributed by atoms with Crippen LogP contribution in [0.25, 0.3) is 0 Å². The summed E-state index contributed by atoms with van der Waals surface area (Å²) in [6, 6.07) is 19.6. The van der Waals surface area contributed by atoms with E-state index in [-0.39, 0.29) is 24.5 Å². The first-order valence-electron chi connectivity index (χ1n) is 12.9. The molecule has 0 radical (unpaired) electrons. The molecule has 1 aromatic heterocycles. The molecule has 0 N–H and O–H groups in total. The summed E-state index contributed by atoms with van der Waals surface area (Å²) in [4.78, 5) is 29.8. The highest BCUT2D eigenvalue weighted by Crippen LogP contribution is 2.39. The fourth-order valence-corrected chi connectivity index (χ4v) is 4.97. The highest BCUT2D eigenvalue weighted by Gasteiger charge is 2.37. The van der Waals surface area contributed by atoms with Crippen molar-refractivity contribution in [2.45, 2.75) is 39.8 Å². The summed E-state index contributed by atoms with van der Waals surface area (Å²) in [7, 11) is 0. The SMILES string of the molecule is CC(C)(C)C(=O)N1CCc2ccc(OCc3ccc(C(=O)N4CCOCC4)o3)cc2[C@H]1c1ccccc1. The van der Waals surface area contributed by atoms with Crippen LogP contribution in [0.1, 0.15) is 59.8 Å². The van der Waals surface area contributed by atoms with Crippen molar-refractivity contribution in [3.05, 3.63) is 88.9 Å². The Hall–Kier alpha value is -3.58. The van der Waals surface area contributed by atoms with E-state index in [0.29, 0.717) is 50.1 Å². The summed E-state index contributed by atoms with van der Waals surface area (Å²) in [5.74, 6) is 1.59. The maximum atomic E-state index is 13.4. The number of hydrogen-bond donors (Lipinski definition) is 0. The van der Waals surface area contributed by atoms with E-state index in [1.807, 2.05) is 56.0 Å². The number of carbonyl (C=O) groups is 2. The van der Waals surface area contributed by atoms with Crippen LogP contribution in [0.5, 0.6) is 5.75 Å². The lowest BCUT2D eigenvalue weighted by Gasteiger charge is -2.41. The zero-order valence-corrected chi connectivity index (χ0v) is 21.7. The zero-order chi connectivity index (χ0) is 26.0. The van der Waals surface area contributed by atoms with Crippen LogP contribution in [-0.2, 0) is 22.6 Å². The van der Waals surface area contributed by atoms with E-state index in [4.69, 9.17) is 13.9 Å². The highest BCUT2D eigenvalue weighted by atomic mass is 16.5. The van der Waals surface area contributed by atoms with Crippen molar-refractivity contribution in [3.8, 4) is 5.75 Å². The van der Waals surface area contributed by atoms with E-state index in [1.165, 1.54) is 5.56 Å². The van der Waals surface area contributed by atoms with Crippen LogP contribution in [0.15, 0.2) is 65.1 Å². The summed E-state index contributed by atoms with van der Waals surface area (Å²) in [5.41, 5.74) is 2.90. The Morgan fingerprint density at radius 3 is 2.46 bits per heavy atom. The third kappa shape index (κ3) is 5.42. The van der Waals surface area contributed by atoms with Gasteiger partial charge in [-0.25, -0.2) is 0 Å². The summed E-state index contributed by atoms with van der Waals surface area (Å²) in [6.07, 6.45) is 0.798. The molecule has 0 unspecified atom stereocenters. The van der Waals surface area contributed by atoms with Gasteiger partial charge in [-0.2, -0.15) is 0 Å². The molecular weight excluding hydrogens is 468 g/mol. The molecule has 3 aromatic rings. The average molecular weight is 503 g/mol. The zero-order valence-electron chi connectivity index (χ0n) is 21.7. The monoisotopic (exact) mass is 502 g/mol. The molecule has 7 heteroatoms. The van der Waals surface area contributed by atoms with Crippen molar-refractivity contribution >= 4 is 11.8 Å². The van der Waals surface area contributed by atoms with Crippen molar-refractivity contribution in [1.82, 2.24) is 9.80 Å². The van der Waals surface area contributed by atoms with Crippen LogP contribution in [0, 0.1) is 5.41 Å². The molecule has 2 aliphatic heterocycles. The van der Waals surface area contributed by atoms with Crippen molar-refractivity contribution in [1.29, 1.82) is 0 Å². The second-order valence-corrected chi connectivity index (χ2v) is 10.6. The molecular formula is C30H34N2O5. The molecule has 0 bridgehead atoms. The molecule has 1 fully saturated rings. The molecule has 3 heterocycles. The molecule has 0 spiro atoms. The smallest absolute Gasteiger partial charge is 0.289 e. The quantitative estimate of drug-likeness (QED) is 0.499. The molecule has 2 aromatic carbocycles. The summed E-state index contributed by atoms with van der Waals surface area (Å²) in [6.45, 7) is 9.00. The van der Waals surface area contributed by atoms with Crippen LogP contribution in [-0.4, -0.2) is 54.5 Å². The Labute approximate surface area is 218 Å². The number of carbonyl (C=O) groups excluding carboxylic acids is 2. The van der Waals surface area contributed by atoms with E-state index in [9.17, 15) is 9.59 Å². The average Bonchev–Trinajstić information content (AvgIpc) is 3.40. The van der Waals surface area contributed by atoms with E-state index >= 15 is 0 Å². The van der Waals surface area contributed by atoms with Crippen molar-refractivity contribution in [2.75, 3.05) is 32.8 Å². The Morgan fingerprint density at radius 1 is 0.973 bits per heavy atom. The molecule has 0 aliphatic carbocycles. The molecule has 194 valence electrons. The highest BCUT2D eigenvalue weighted by molar-refractivity contribution is 5.91. The minimum absolute atomic E-state index is 0.127. The largest absolute Gasteiger partial charge is 0.486 e. The van der Waals surface area contributed by atoms with Gasteiger partial charge in [0.1, 0.15) is 18.1 Å². The van der Waals surface area contributed by atoms with Gasteiger partial charge in [0, 0.05) is 25.0 Å². The van der Waals surface area contributed by atoms with Crippen LogP contribution < -0.4 is 4.74 Å². The van der Waals surface area contributed by atoms with Crippen LogP contribution in [0.2, 0.25) is 0 Å². The Kier molecular flexibility index (Phi) is 7.07. The van der Waals surface area contributed by atoms with Crippen LogP contribution >= 0.6 is 0 Å². The second kappa shape index (κ2) is 10.4. The summed E-state index contributed by atoms with van der Waals surface area (Å²) >= 11 is 0.